The summed E-state index contributed by atoms with van der Waals surface area (Å²) in [5, 5.41) is 11.3. The Morgan fingerprint density at radius 2 is 2.70 bits per heavy atom. The normalized spacial score (nSPS) is 22.7. The van der Waals surface area contributed by atoms with Crippen LogP contribution in [0.25, 0.3) is 0 Å². The fourth-order valence-electron chi connectivity index (χ4n) is 0.867. The molecule has 0 aliphatic carbocycles. The molecule has 1 radical (unpaired) electrons. The molecule has 1 atom stereocenters. The second kappa shape index (κ2) is 1.88. The molecule has 2 rings (SSSR count). The maximum Gasteiger partial charge on any atom is 0.171 e. The highest BCUT2D eigenvalue weighted by Crippen LogP contribution is 2.12. The Bertz CT molecular complexity index is 263. The fourth-order valence-corrected chi connectivity index (χ4v) is 0.867. The van der Waals surface area contributed by atoms with Gasteiger partial charge in [-0.05, 0) is 0 Å². The van der Waals surface area contributed by atoms with Crippen molar-refractivity contribution in [1.29, 1.82) is 0 Å². The van der Waals surface area contributed by atoms with Gasteiger partial charge in [-0.25, -0.2) is 4.68 Å². The van der Waals surface area contributed by atoms with Crippen LogP contribution >= 0.6 is 0 Å². The van der Waals surface area contributed by atoms with Gasteiger partial charge in [-0.15, -0.1) is 10.2 Å². The third-order valence-electron chi connectivity index (χ3n) is 1.38. The van der Waals surface area contributed by atoms with Crippen LogP contribution in [0.4, 0.5) is 0 Å². The van der Waals surface area contributed by atoms with E-state index in [4.69, 9.17) is 5.73 Å². The second-order valence-corrected chi connectivity index (χ2v) is 2.10. The molecule has 1 aliphatic rings. The number of nitrogens with two attached hydrogens (primary N) is 1. The summed E-state index contributed by atoms with van der Waals surface area (Å²) in [7, 11) is 0. The van der Waals surface area contributed by atoms with Gasteiger partial charge < -0.3 is 5.73 Å². The van der Waals surface area contributed by atoms with Gasteiger partial charge >= 0.3 is 0 Å². The van der Waals surface area contributed by atoms with Crippen molar-refractivity contribution in [3.8, 4) is 0 Å². The molecule has 1 aliphatic heterocycles. The van der Waals surface area contributed by atoms with E-state index >= 15 is 0 Å². The highest BCUT2D eigenvalue weighted by Gasteiger charge is 2.15. The van der Waals surface area contributed by atoms with Crippen molar-refractivity contribution in [3.05, 3.63) is 12.2 Å². The number of fused-ring (bicyclic) bond motifs is 1. The molecule has 0 amide bonds. The molecule has 1 aromatic heterocycles. The average molecular weight is 136 g/mol. The van der Waals surface area contributed by atoms with Crippen molar-refractivity contribution >= 4 is 6.21 Å². The van der Waals surface area contributed by atoms with E-state index in [0.29, 0.717) is 12.2 Å². The van der Waals surface area contributed by atoms with Gasteiger partial charge in [0.15, 0.2) is 5.82 Å². The summed E-state index contributed by atoms with van der Waals surface area (Å²) in [5.74, 6) is 0.707. The molecule has 0 saturated heterocycles. The van der Waals surface area contributed by atoms with E-state index in [9.17, 15) is 0 Å². The van der Waals surface area contributed by atoms with Crippen molar-refractivity contribution in [2.45, 2.75) is 12.5 Å². The molecular formula is C5H6N5. The van der Waals surface area contributed by atoms with Crippen LogP contribution in [0.5, 0.6) is 0 Å². The number of rotatable bonds is 0. The lowest BCUT2D eigenvalue weighted by atomic mass is 10.2. The number of nitrogens with zero attached hydrogens (tertiary/aromatic N) is 4. The van der Waals surface area contributed by atoms with E-state index in [1.165, 1.54) is 11.0 Å². The average Bonchev–Trinajstić information content (AvgIpc) is 2.36. The highest BCUT2D eigenvalue weighted by molar-refractivity contribution is 5.59. The molecule has 5 heteroatoms. The molecular weight excluding hydrogens is 130 g/mol. The standard InChI is InChI=1S/C5H6N5/c6-4-1-2-8-10-3-7-9-5(4)10/h3-4H,1,6H2. The fraction of sp³-hybridized carbons (Fsp3) is 0.400. The van der Waals surface area contributed by atoms with Crippen LogP contribution in [-0.2, 0) is 0 Å². The maximum atomic E-state index is 5.64. The SMILES string of the molecule is NC1C[C]=Nn2cnnc21. The van der Waals surface area contributed by atoms with Crippen LogP contribution in [0.15, 0.2) is 11.4 Å². The van der Waals surface area contributed by atoms with E-state index in [-0.39, 0.29) is 6.04 Å². The maximum absolute atomic E-state index is 5.64. The topological polar surface area (TPSA) is 69.1 Å². The molecule has 0 fully saturated rings. The van der Waals surface area contributed by atoms with Crippen LogP contribution in [-0.4, -0.2) is 21.1 Å². The molecule has 1 aromatic rings. The van der Waals surface area contributed by atoms with Gasteiger partial charge in [-0.3, -0.25) is 0 Å². The predicted octanol–water partition coefficient (Wildman–Crippen LogP) is -0.608. The Kier molecular flexibility index (Phi) is 1.04. The van der Waals surface area contributed by atoms with Crippen molar-refractivity contribution in [2.24, 2.45) is 10.8 Å². The zero-order valence-electron chi connectivity index (χ0n) is 5.23. The molecule has 1 unspecified atom stereocenters. The Balaban J connectivity index is 2.52. The number of hydrogen-bond acceptors (Lipinski definition) is 4. The van der Waals surface area contributed by atoms with Gasteiger partial charge in [-0.1, -0.05) is 0 Å². The Morgan fingerprint density at radius 1 is 1.80 bits per heavy atom. The molecule has 2 heterocycles. The lowest BCUT2D eigenvalue weighted by Crippen LogP contribution is -2.18. The number of hydrogen-bond donors (Lipinski definition) is 1. The zero-order valence-corrected chi connectivity index (χ0v) is 5.23. The lowest BCUT2D eigenvalue weighted by Gasteiger charge is -2.10. The minimum atomic E-state index is -0.0972. The summed E-state index contributed by atoms with van der Waals surface area (Å²) in [6, 6.07) is -0.0972. The monoisotopic (exact) mass is 136 g/mol. The van der Waals surface area contributed by atoms with Crippen LogP contribution in [0, 0.1) is 0 Å². The van der Waals surface area contributed by atoms with Crippen LogP contribution in [0.2, 0.25) is 0 Å². The summed E-state index contributed by atoms with van der Waals surface area (Å²) < 4.78 is 1.54. The van der Waals surface area contributed by atoms with Gasteiger partial charge in [0.05, 0.1) is 12.3 Å². The minimum absolute atomic E-state index is 0.0972. The third-order valence-corrected chi connectivity index (χ3v) is 1.38. The van der Waals surface area contributed by atoms with Crippen molar-refractivity contribution in [1.82, 2.24) is 14.9 Å². The van der Waals surface area contributed by atoms with Gasteiger partial charge in [-0.2, -0.15) is 5.10 Å². The van der Waals surface area contributed by atoms with Gasteiger partial charge in [0.1, 0.15) is 6.33 Å². The summed E-state index contributed by atoms with van der Waals surface area (Å²) in [4.78, 5) is 0. The van der Waals surface area contributed by atoms with Crippen molar-refractivity contribution in [2.75, 3.05) is 0 Å². The van der Waals surface area contributed by atoms with Crippen molar-refractivity contribution < 1.29 is 0 Å². The molecule has 0 bridgehead atoms. The van der Waals surface area contributed by atoms with Gasteiger partial charge in [0.25, 0.3) is 0 Å². The molecule has 2 N–H and O–H groups in total. The van der Waals surface area contributed by atoms with Crippen LogP contribution < -0.4 is 5.73 Å². The summed E-state index contributed by atoms with van der Waals surface area (Å²) in [6.07, 6.45) is 4.90. The van der Waals surface area contributed by atoms with E-state index < -0.39 is 0 Å². The quantitative estimate of drug-likeness (QED) is 0.517. The Labute approximate surface area is 57.6 Å². The predicted molar refractivity (Wildman–Crippen MR) is 34.4 cm³/mol. The highest BCUT2D eigenvalue weighted by atomic mass is 15.4. The summed E-state index contributed by atoms with van der Waals surface area (Å²) >= 11 is 0. The van der Waals surface area contributed by atoms with Gasteiger partial charge in [0, 0.05) is 6.42 Å². The van der Waals surface area contributed by atoms with E-state index in [1.807, 2.05) is 0 Å². The molecule has 0 spiro atoms. The van der Waals surface area contributed by atoms with Crippen LogP contribution in [0.3, 0.4) is 0 Å². The van der Waals surface area contributed by atoms with E-state index in [0.717, 1.165) is 0 Å². The Morgan fingerprint density at radius 3 is 3.50 bits per heavy atom. The van der Waals surface area contributed by atoms with Gasteiger partial charge in [0.2, 0.25) is 0 Å². The lowest BCUT2D eigenvalue weighted by molar-refractivity contribution is 0.624. The first-order chi connectivity index (χ1) is 4.88. The first kappa shape index (κ1) is 5.55. The van der Waals surface area contributed by atoms with E-state index in [1.54, 1.807) is 0 Å². The summed E-state index contributed by atoms with van der Waals surface area (Å²) in [5.41, 5.74) is 5.64. The molecule has 5 nitrogen and oxygen atoms in total. The number of aromatic nitrogens is 3. The molecule has 0 aromatic carbocycles. The molecule has 0 saturated carbocycles. The summed E-state index contributed by atoms with van der Waals surface area (Å²) in [6.45, 7) is 0. The first-order valence-corrected chi connectivity index (χ1v) is 2.97. The third kappa shape index (κ3) is 0.640. The first-order valence-electron chi connectivity index (χ1n) is 2.97. The minimum Gasteiger partial charge on any atom is -0.321 e. The Hall–Kier alpha value is -1.23. The molecule has 10 heavy (non-hydrogen) atoms. The van der Waals surface area contributed by atoms with Crippen LogP contribution in [0.1, 0.15) is 18.3 Å². The zero-order chi connectivity index (χ0) is 6.97. The van der Waals surface area contributed by atoms with Crippen molar-refractivity contribution in [3.63, 3.8) is 0 Å². The van der Waals surface area contributed by atoms with E-state index in [2.05, 4.69) is 21.5 Å². The smallest absolute Gasteiger partial charge is 0.171 e. The second-order valence-electron chi connectivity index (χ2n) is 2.10. The molecule has 51 valence electrons. The largest absolute Gasteiger partial charge is 0.321 e.